The minimum atomic E-state index is -0.0291. The number of nitrogens with zero attached hydrogens (tertiary/aromatic N) is 1. The molecule has 1 rings (SSSR count). The molecule has 1 saturated heterocycles. The molecule has 16 heavy (non-hydrogen) atoms. The standard InChI is InChI=1S/C12H25N3O/c1-3-6-11(12(16)14-13)15-8-5-7-10(4-2)9-15/h10-11H,3-9,13H2,1-2H3,(H,14,16). The number of hydrogen-bond donors (Lipinski definition) is 2. The fourth-order valence-electron chi connectivity index (χ4n) is 2.56. The van der Waals surface area contributed by atoms with Crippen LogP contribution in [0.4, 0.5) is 0 Å². The molecule has 1 fully saturated rings. The molecule has 1 heterocycles. The monoisotopic (exact) mass is 227 g/mol. The number of carbonyl (C=O) groups excluding carboxylic acids is 1. The molecular weight excluding hydrogens is 202 g/mol. The Balaban J connectivity index is 2.58. The third kappa shape index (κ3) is 3.46. The summed E-state index contributed by atoms with van der Waals surface area (Å²) >= 11 is 0. The maximum absolute atomic E-state index is 11.7. The molecule has 0 spiro atoms. The molecule has 0 aromatic carbocycles. The van der Waals surface area contributed by atoms with E-state index in [9.17, 15) is 4.79 Å². The molecule has 0 aromatic rings. The molecular formula is C12H25N3O. The topological polar surface area (TPSA) is 58.4 Å². The highest BCUT2D eigenvalue weighted by atomic mass is 16.2. The van der Waals surface area contributed by atoms with E-state index in [0.29, 0.717) is 0 Å². The fourth-order valence-corrected chi connectivity index (χ4v) is 2.56. The van der Waals surface area contributed by atoms with Crippen LogP contribution in [0.15, 0.2) is 0 Å². The van der Waals surface area contributed by atoms with Gasteiger partial charge in [0.15, 0.2) is 0 Å². The third-order valence-corrected chi connectivity index (χ3v) is 3.58. The van der Waals surface area contributed by atoms with Gasteiger partial charge in [0.2, 0.25) is 0 Å². The zero-order valence-corrected chi connectivity index (χ0v) is 10.5. The number of hydrazine groups is 1. The van der Waals surface area contributed by atoms with Crippen molar-refractivity contribution in [3.8, 4) is 0 Å². The number of piperidine rings is 1. The molecule has 0 saturated carbocycles. The maximum Gasteiger partial charge on any atom is 0.251 e. The highest BCUT2D eigenvalue weighted by Gasteiger charge is 2.28. The quantitative estimate of drug-likeness (QED) is 0.422. The van der Waals surface area contributed by atoms with Crippen LogP contribution in [0.1, 0.15) is 46.0 Å². The molecule has 0 aliphatic carbocycles. The van der Waals surface area contributed by atoms with Crippen molar-refractivity contribution in [3.63, 3.8) is 0 Å². The number of carbonyl (C=O) groups is 1. The number of nitrogens with two attached hydrogens (primary N) is 1. The second-order valence-corrected chi connectivity index (χ2v) is 4.72. The summed E-state index contributed by atoms with van der Waals surface area (Å²) in [6, 6.07) is -0.0238. The number of likely N-dealkylation sites (tertiary alicyclic amines) is 1. The molecule has 2 unspecified atom stereocenters. The number of rotatable bonds is 5. The SMILES string of the molecule is CCCC(C(=O)NN)N1CCCC(CC)C1. The summed E-state index contributed by atoms with van der Waals surface area (Å²) in [5, 5.41) is 0. The summed E-state index contributed by atoms with van der Waals surface area (Å²) in [5.41, 5.74) is 2.30. The lowest BCUT2D eigenvalue weighted by molar-refractivity contribution is -0.127. The largest absolute Gasteiger partial charge is 0.293 e. The van der Waals surface area contributed by atoms with E-state index in [0.717, 1.165) is 31.8 Å². The minimum absolute atomic E-state index is 0.0238. The smallest absolute Gasteiger partial charge is 0.251 e. The first-order valence-electron chi connectivity index (χ1n) is 6.47. The summed E-state index contributed by atoms with van der Waals surface area (Å²) in [5.74, 6) is 5.97. The van der Waals surface area contributed by atoms with Crippen LogP contribution in [0.5, 0.6) is 0 Å². The fraction of sp³-hybridized carbons (Fsp3) is 0.917. The van der Waals surface area contributed by atoms with Crippen LogP contribution in [-0.4, -0.2) is 29.9 Å². The van der Waals surface area contributed by atoms with Gasteiger partial charge in [-0.1, -0.05) is 26.7 Å². The Morgan fingerprint density at radius 2 is 2.31 bits per heavy atom. The van der Waals surface area contributed by atoms with Crippen molar-refractivity contribution >= 4 is 5.91 Å². The molecule has 2 atom stereocenters. The predicted molar refractivity (Wildman–Crippen MR) is 65.6 cm³/mol. The lowest BCUT2D eigenvalue weighted by Crippen LogP contribution is -2.52. The summed E-state index contributed by atoms with van der Waals surface area (Å²) in [6.45, 7) is 6.42. The molecule has 0 bridgehead atoms. The Morgan fingerprint density at radius 1 is 1.56 bits per heavy atom. The second kappa shape index (κ2) is 6.86. The van der Waals surface area contributed by atoms with Crippen LogP contribution in [0.2, 0.25) is 0 Å². The van der Waals surface area contributed by atoms with Crippen LogP contribution in [0.3, 0.4) is 0 Å². The molecule has 1 aliphatic rings. The summed E-state index contributed by atoms with van der Waals surface area (Å²) < 4.78 is 0. The highest BCUT2D eigenvalue weighted by molar-refractivity contribution is 5.81. The normalized spacial score (nSPS) is 24.1. The van der Waals surface area contributed by atoms with Gasteiger partial charge in [0.25, 0.3) is 5.91 Å². The molecule has 1 amide bonds. The van der Waals surface area contributed by atoms with Gasteiger partial charge in [-0.2, -0.15) is 0 Å². The van der Waals surface area contributed by atoms with Gasteiger partial charge in [0, 0.05) is 6.54 Å². The zero-order chi connectivity index (χ0) is 12.0. The van der Waals surface area contributed by atoms with Crippen LogP contribution >= 0.6 is 0 Å². The first-order valence-corrected chi connectivity index (χ1v) is 6.47. The molecule has 3 N–H and O–H groups in total. The van der Waals surface area contributed by atoms with Crippen molar-refractivity contribution < 1.29 is 4.79 Å². The first kappa shape index (κ1) is 13.5. The van der Waals surface area contributed by atoms with E-state index < -0.39 is 0 Å². The first-order chi connectivity index (χ1) is 7.72. The molecule has 1 aliphatic heterocycles. The van der Waals surface area contributed by atoms with Crippen molar-refractivity contribution in [2.45, 2.75) is 52.0 Å². The average Bonchev–Trinajstić information content (AvgIpc) is 2.35. The predicted octanol–water partition coefficient (Wildman–Crippen LogP) is 1.27. The van der Waals surface area contributed by atoms with Gasteiger partial charge in [0.05, 0.1) is 6.04 Å². The van der Waals surface area contributed by atoms with E-state index in [-0.39, 0.29) is 11.9 Å². The van der Waals surface area contributed by atoms with Crippen LogP contribution in [0, 0.1) is 5.92 Å². The Kier molecular flexibility index (Phi) is 5.77. The van der Waals surface area contributed by atoms with Crippen molar-refractivity contribution in [3.05, 3.63) is 0 Å². The highest BCUT2D eigenvalue weighted by Crippen LogP contribution is 2.22. The van der Waals surface area contributed by atoms with Crippen molar-refractivity contribution in [1.82, 2.24) is 10.3 Å². The van der Waals surface area contributed by atoms with E-state index >= 15 is 0 Å². The summed E-state index contributed by atoms with van der Waals surface area (Å²) in [7, 11) is 0. The molecule has 0 radical (unpaired) electrons. The van der Waals surface area contributed by atoms with Gasteiger partial charge in [-0.05, 0) is 31.7 Å². The van der Waals surface area contributed by atoms with Gasteiger partial charge in [0.1, 0.15) is 0 Å². The number of amides is 1. The molecule has 0 aromatic heterocycles. The maximum atomic E-state index is 11.7. The van der Waals surface area contributed by atoms with Crippen LogP contribution in [0.25, 0.3) is 0 Å². The van der Waals surface area contributed by atoms with E-state index in [1.807, 2.05) is 0 Å². The van der Waals surface area contributed by atoms with Crippen molar-refractivity contribution in [2.24, 2.45) is 11.8 Å². The van der Waals surface area contributed by atoms with Crippen molar-refractivity contribution in [2.75, 3.05) is 13.1 Å². The Labute approximate surface area is 98.5 Å². The van der Waals surface area contributed by atoms with E-state index in [4.69, 9.17) is 5.84 Å². The zero-order valence-electron chi connectivity index (χ0n) is 10.5. The van der Waals surface area contributed by atoms with Gasteiger partial charge in [-0.15, -0.1) is 0 Å². The average molecular weight is 227 g/mol. The lowest BCUT2D eigenvalue weighted by atomic mass is 9.93. The third-order valence-electron chi connectivity index (χ3n) is 3.58. The van der Waals surface area contributed by atoms with E-state index in [1.165, 1.54) is 19.3 Å². The Morgan fingerprint density at radius 3 is 2.88 bits per heavy atom. The lowest BCUT2D eigenvalue weighted by Gasteiger charge is -2.37. The van der Waals surface area contributed by atoms with Crippen LogP contribution < -0.4 is 11.3 Å². The molecule has 4 nitrogen and oxygen atoms in total. The Bertz CT molecular complexity index is 220. The van der Waals surface area contributed by atoms with E-state index in [2.05, 4.69) is 24.2 Å². The van der Waals surface area contributed by atoms with Gasteiger partial charge in [-0.25, -0.2) is 5.84 Å². The molecule has 94 valence electrons. The Hall–Kier alpha value is -0.610. The molecule has 4 heteroatoms. The van der Waals surface area contributed by atoms with Gasteiger partial charge in [-0.3, -0.25) is 15.1 Å². The van der Waals surface area contributed by atoms with Gasteiger partial charge < -0.3 is 0 Å². The minimum Gasteiger partial charge on any atom is -0.293 e. The number of nitrogens with one attached hydrogen (secondary N) is 1. The van der Waals surface area contributed by atoms with Gasteiger partial charge >= 0.3 is 0 Å². The van der Waals surface area contributed by atoms with Crippen LogP contribution in [-0.2, 0) is 4.79 Å². The van der Waals surface area contributed by atoms with E-state index in [1.54, 1.807) is 0 Å². The second-order valence-electron chi connectivity index (χ2n) is 4.72. The summed E-state index contributed by atoms with van der Waals surface area (Å²) in [4.78, 5) is 14.0. The number of hydrogen-bond acceptors (Lipinski definition) is 3. The summed E-state index contributed by atoms with van der Waals surface area (Å²) in [6.07, 6.45) is 5.64. The van der Waals surface area contributed by atoms with Crippen molar-refractivity contribution in [1.29, 1.82) is 0 Å².